The SMILES string of the molecule is CCCCCC(C)CONC(=O)[C@@H]1CCC2CN1C(=O)N2OS(=O)(=O)O. The van der Waals surface area contributed by atoms with Crippen molar-refractivity contribution in [1.29, 1.82) is 0 Å². The smallest absolute Gasteiger partial charge is 0.309 e. The number of fused-ring (bicyclic) bond motifs is 2. The zero-order valence-electron chi connectivity index (χ0n) is 15.1. The predicted molar refractivity (Wildman–Crippen MR) is 90.8 cm³/mol. The van der Waals surface area contributed by atoms with Gasteiger partial charge in [-0.1, -0.05) is 33.1 Å². The summed E-state index contributed by atoms with van der Waals surface area (Å²) in [6.45, 7) is 4.72. The minimum absolute atomic E-state index is 0.153. The van der Waals surface area contributed by atoms with Gasteiger partial charge in [0.1, 0.15) is 6.04 Å². The highest BCUT2D eigenvalue weighted by Crippen LogP contribution is 2.30. The van der Waals surface area contributed by atoms with Gasteiger partial charge >= 0.3 is 16.4 Å². The second-order valence-corrected chi connectivity index (χ2v) is 7.89. The monoisotopic (exact) mass is 393 g/mol. The lowest BCUT2D eigenvalue weighted by molar-refractivity contribution is -0.139. The number of urea groups is 1. The summed E-state index contributed by atoms with van der Waals surface area (Å²) in [5.41, 5.74) is 2.38. The van der Waals surface area contributed by atoms with Crippen molar-refractivity contribution in [2.75, 3.05) is 13.2 Å². The summed E-state index contributed by atoms with van der Waals surface area (Å²) in [6, 6.07) is -2.05. The van der Waals surface area contributed by atoms with E-state index in [1.807, 2.05) is 6.92 Å². The van der Waals surface area contributed by atoms with E-state index in [0.717, 1.165) is 19.3 Å². The number of rotatable bonds is 10. The van der Waals surface area contributed by atoms with Crippen LogP contribution in [-0.4, -0.2) is 60.1 Å². The van der Waals surface area contributed by atoms with Crippen molar-refractivity contribution in [3.8, 4) is 0 Å². The lowest BCUT2D eigenvalue weighted by Gasteiger charge is -2.29. The van der Waals surface area contributed by atoms with E-state index < -0.39 is 34.4 Å². The summed E-state index contributed by atoms with van der Waals surface area (Å²) < 4.78 is 34.8. The van der Waals surface area contributed by atoms with Gasteiger partial charge in [0.05, 0.1) is 12.6 Å². The molecule has 0 aliphatic carbocycles. The van der Waals surface area contributed by atoms with Crippen LogP contribution in [0.1, 0.15) is 52.4 Å². The van der Waals surface area contributed by atoms with Crippen molar-refractivity contribution in [1.82, 2.24) is 15.4 Å². The maximum absolute atomic E-state index is 12.3. The molecule has 2 heterocycles. The van der Waals surface area contributed by atoms with Crippen molar-refractivity contribution in [3.05, 3.63) is 0 Å². The molecule has 0 saturated carbocycles. The maximum Gasteiger partial charge on any atom is 0.418 e. The van der Waals surface area contributed by atoms with Crippen molar-refractivity contribution in [3.63, 3.8) is 0 Å². The Morgan fingerprint density at radius 3 is 2.77 bits per heavy atom. The third kappa shape index (κ3) is 5.53. The highest BCUT2D eigenvalue weighted by molar-refractivity contribution is 7.80. The summed E-state index contributed by atoms with van der Waals surface area (Å²) in [7, 11) is -4.80. The third-order valence-electron chi connectivity index (χ3n) is 4.64. The molecule has 10 nitrogen and oxygen atoms in total. The van der Waals surface area contributed by atoms with Gasteiger partial charge in [0.15, 0.2) is 0 Å². The fourth-order valence-corrected chi connectivity index (χ4v) is 3.64. The van der Waals surface area contributed by atoms with E-state index in [4.69, 9.17) is 9.39 Å². The second-order valence-electron chi connectivity index (χ2n) is 6.89. The molecule has 2 rings (SSSR count). The van der Waals surface area contributed by atoms with Crippen molar-refractivity contribution in [2.45, 2.75) is 64.5 Å². The maximum atomic E-state index is 12.3. The number of unbranched alkanes of at least 4 members (excludes halogenated alkanes) is 2. The molecular weight excluding hydrogens is 366 g/mol. The van der Waals surface area contributed by atoms with Gasteiger partial charge in [-0.05, 0) is 25.2 Å². The van der Waals surface area contributed by atoms with Crippen LogP contribution in [0.4, 0.5) is 4.79 Å². The molecule has 2 saturated heterocycles. The Bertz CT molecular complexity index is 612. The molecule has 0 aromatic heterocycles. The Morgan fingerprint density at radius 2 is 2.12 bits per heavy atom. The van der Waals surface area contributed by atoms with Gasteiger partial charge in [0, 0.05) is 6.54 Å². The Hall–Kier alpha value is -1.43. The Morgan fingerprint density at radius 1 is 1.38 bits per heavy atom. The molecule has 2 aliphatic rings. The van der Waals surface area contributed by atoms with Crippen LogP contribution in [0.5, 0.6) is 0 Å². The predicted octanol–water partition coefficient (Wildman–Crippen LogP) is 1.25. The Kier molecular flexibility index (Phi) is 7.21. The van der Waals surface area contributed by atoms with Gasteiger partial charge in [0.2, 0.25) is 0 Å². The lowest BCUT2D eigenvalue weighted by Crippen LogP contribution is -2.49. The lowest BCUT2D eigenvalue weighted by atomic mass is 10.0. The summed E-state index contributed by atoms with van der Waals surface area (Å²) in [5.74, 6) is -0.143. The second kappa shape index (κ2) is 8.98. The fourth-order valence-electron chi connectivity index (χ4n) is 3.25. The molecule has 0 radical (unpaired) electrons. The van der Waals surface area contributed by atoms with E-state index >= 15 is 0 Å². The third-order valence-corrected chi connectivity index (χ3v) is 4.99. The van der Waals surface area contributed by atoms with Crippen molar-refractivity contribution >= 4 is 22.3 Å². The van der Waals surface area contributed by atoms with Crippen LogP contribution in [0.3, 0.4) is 0 Å². The molecule has 26 heavy (non-hydrogen) atoms. The quantitative estimate of drug-likeness (QED) is 0.325. The molecule has 2 unspecified atom stereocenters. The topological polar surface area (TPSA) is 125 Å². The molecule has 0 aromatic rings. The van der Waals surface area contributed by atoms with Crippen molar-refractivity contribution in [2.24, 2.45) is 5.92 Å². The van der Waals surface area contributed by atoms with Crippen LogP contribution >= 0.6 is 0 Å². The van der Waals surface area contributed by atoms with Crippen LogP contribution in [-0.2, 0) is 24.3 Å². The number of amides is 3. The summed E-state index contributed by atoms with van der Waals surface area (Å²) >= 11 is 0. The molecule has 11 heteroatoms. The number of nitrogens with one attached hydrogen (secondary N) is 1. The number of hydrogen-bond donors (Lipinski definition) is 2. The van der Waals surface area contributed by atoms with Crippen molar-refractivity contribution < 1.29 is 31.7 Å². The summed E-state index contributed by atoms with van der Waals surface area (Å²) in [4.78, 5) is 31.0. The van der Waals surface area contributed by atoms with Gasteiger partial charge in [-0.15, -0.1) is 4.28 Å². The van der Waals surface area contributed by atoms with Crippen LogP contribution in [0.25, 0.3) is 0 Å². The summed E-state index contributed by atoms with van der Waals surface area (Å²) in [5, 5.41) is 0.610. The van der Waals surface area contributed by atoms with E-state index in [-0.39, 0.29) is 6.54 Å². The Labute approximate surface area is 153 Å². The van der Waals surface area contributed by atoms with Gasteiger partial charge in [-0.25, -0.2) is 10.3 Å². The number of hydrogen-bond acceptors (Lipinski definition) is 6. The largest absolute Gasteiger partial charge is 0.418 e. The van der Waals surface area contributed by atoms with Gasteiger partial charge in [-0.3, -0.25) is 14.2 Å². The molecule has 2 aliphatic heterocycles. The first kappa shape index (κ1) is 20.9. The average Bonchev–Trinajstić information content (AvgIpc) is 2.79. The number of carbonyl (C=O) groups is 2. The molecule has 0 aromatic carbocycles. The number of carbonyl (C=O) groups excluding carboxylic acids is 2. The van der Waals surface area contributed by atoms with Crippen LogP contribution < -0.4 is 5.48 Å². The van der Waals surface area contributed by atoms with Gasteiger partial charge in [0.25, 0.3) is 5.91 Å². The molecule has 3 amide bonds. The average molecular weight is 393 g/mol. The zero-order valence-corrected chi connectivity index (χ0v) is 15.9. The highest BCUT2D eigenvalue weighted by Gasteiger charge is 2.49. The first-order chi connectivity index (χ1) is 12.2. The van der Waals surface area contributed by atoms with E-state index in [9.17, 15) is 18.0 Å². The minimum atomic E-state index is -4.80. The number of hydroxylamine groups is 3. The van der Waals surface area contributed by atoms with Gasteiger partial charge < -0.3 is 4.90 Å². The van der Waals surface area contributed by atoms with E-state index in [2.05, 4.69) is 16.7 Å². The highest BCUT2D eigenvalue weighted by atomic mass is 32.3. The van der Waals surface area contributed by atoms with E-state index in [1.54, 1.807) is 0 Å². The van der Waals surface area contributed by atoms with Gasteiger partial charge in [-0.2, -0.15) is 13.5 Å². The molecule has 2 N–H and O–H groups in total. The first-order valence-electron chi connectivity index (χ1n) is 8.91. The zero-order chi connectivity index (χ0) is 19.3. The molecular formula is C15H27N3O7S. The fraction of sp³-hybridized carbons (Fsp3) is 0.867. The number of piperidine rings is 1. The van der Waals surface area contributed by atoms with E-state index in [0.29, 0.717) is 30.4 Å². The normalized spacial score (nSPS) is 24.0. The molecule has 150 valence electrons. The molecule has 2 fully saturated rings. The first-order valence-corrected chi connectivity index (χ1v) is 10.3. The Balaban J connectivity index is 1.81. The van der Waals surface area contributed by atoms with Crippen LogP contribution in [0, 0.1) is 5.92 Å². The standard InChI is InChI=1S/C15H27N3O7S/c1-3-4-5-6-11(2)10-24-16-14(19)13-8-7-12-9-17(13)15(20)18(12)25-26(21,22)23/h11-13H,3-10H2,1-2H3,(H,16,19)(H,21,22,23)/t11?,12?,13-/m0/s1. The van der Waals surface area contributed by atoms with E-state index in [1.165, 1.54) is 11.3 Å². The molecule has 2 bridgehead atoms. The summed E-state index contributed by atoms with van der Waals surface area (Å²) in [6.07, 6.45) is 5.17. The molecule has 3 atom stereocenters. The van der Waals surface area contributed by atoms with Crippen LogP contribution in [0.15, 0.2) is 0 Å². The van der Waals surface area contributed by atoms with Crippen LogP contribution in [0.2, 0.25) is 0 Å². The minimum Gasteiger partial charge on any atom is -0.309 e. The molecule has 0 spiro atoms. The number of nitrogens with zero attached hydrogens (tertiary/aromatic N) is 2.